The second-order valence-corrected chi connectivity index (χ2v) is 1.45. The molecule has 0 saturated carbocycles. The van der Waals surface area contributed by atoms with Gasteiger partial charge in [-0.1, -0.05) is 12.2 Å². The van der Waals surface area contributed by atoms with Crippen LogP contribution in [-0.2, 0) is 4.79 Å². The Morgan fingerprint density at radius 2 is 2.00 bits per heavy atom. The maximum absolute atomic E-state index is 9.70. The molecule has 0 aromatic carbocycles. The van der Waals surface area contributed by atoms with Crippen molar-refractivity contribution in [3.05, 3.63) is 12.2 Å². The van der Waals surface area contributed by atoms with E-state index in [1.165, 1.54) is 0 Å². The fourth-order valence-corrected chi connectivity index (χ4v) is 0.378. The lowest BCUT2D eigenvalue weighted by atomic mass is 10.3. The van der Waals surface area contributed by atoms with E-state index in [9.17, 15) is 4.79 Å². The molecule has 0 amide bonds. The van der Waals surface area contributed by atoms with Crippen LogP contribution < -0.4 is 5.73 Å². The van der Waals surface area contributed by atoms with Crippen LogP contribution >= 0.6 is 0 Å². The number of nitrogens with two attached hydrogens (primary N) is 1. The number of aldehydes is 1. The van der Waals surface area contributed by atoms with E-state index in [-0.39, 0.29) is 0 Å². The largest absolute Gasteiger partial charge is 0.327 e. The van der Waals surface area contributed by atoms with Gasteiger partial charge < -0.3 is 10.5 Å². The molecule has 0 bridgehead atoms. The van der Waals surface area contributed by atoms with Gasteiger partial charge in [-0.05, 0) is 6.42 Å². The summed E-state index contributed by atoms with van der Waals surface area (Å²) in [6.45, 7) is 0.568. The van der Waals surface area contributed by atoms with E-state index in [0.717, 1.165) is 12.7 Å². The van der Waals surface area contributed by atoms with Gasteiger partial charge in [0.2, 0.25) is 0 Å². The second kappa shape index (κ2) is 6.37. The molecule has 0 aromatic rings. The van der Waals surface area contributed by atoms with Crippen molar-refractivity contribution >= 4 is 6.29 Å². The molecule has 0 rings (SSSR count). The van der Waals surface area contributed by atoms with Gasteiger partial charge in [0.1, 0.15) is 6.29 Å². The molecule has 46 valence electrons. The highest BCUT2D eigenvalue weighted by Crippen LogP contribution is 1.84. The van der Waals surface area contributed by atoms with Crippen molar-refractivity contribution < 1.29 is 4.79 Å². The topological polar surface area (TPSA) is 43.1 Å². The van der Waals surface area contributed by atoms with E-state index in [1.54, 1.807) is 0 Å². The van der Waals surface area contributed by atoms with Crippen molar-refractivity contribution in [2.45, 2.75) is 12.8 Å². The van der Waals surface area contributed by atoms with Crippen molar-refractivity contribution in [3.63, 3.8) is 0 Å². The van der Waals surface area contributed by atoms with Crippen molar-refractivity contribution in [1.82, 2.24) is 0 Å². The fraction of sp³-hybridized carbons (Fsp3) is 0.500. The predicted molar refractivity (Wildman–Crippen MR) is 33.5 cm³/mol. The monoisotopic (exact) mass is 113 g/mol. The minimum Gasteiger partial charge on any atom is -0.327 e. The summed E-state index contributed by atoms with van der Waals surface area (Å²) < 4.78 is 0. The third-order valence-electron chi connectivity index (χ3n) is 0.754. The highest BCUT2D eigenvalue weighted by atomic mass is 16.1. The quantitative estimate of drug-likeness (QED) is 0.327. The van der Waals surface area contributed by atoms with E-state index in [0.29, 0.717) is 13.0 Å². The standard InChI is InChI=1S/C6H11NO/c7-5-3-1-2-4-6-8/h1,3,6H,2,4-5,7H2. The molecule has 2 nitrogen and oxygen atoms in total. The van der Waals surface area contributed by atoms with Gasteiger partial charge in [-0.3, -0.25) is 0 Å². The highest BCUT2D eigenvalue weighted by Gasteiger charge is 1.74. The molecule has 0 unspecified atom stereocenters. The van der Waals surface area contributed by atoms with Crippen LogP contribution in [0.2, 0.25) is 0 Å². The summed E-state index contributed by atoms with van der Waals surface area (Å²) in [5.74, 6) is 0. The number of allylic oxidation sites excluding steroid dienone is 1. The zero-order valence-corrected chi connectivity index (χ0v) is 4.84. The predicted octanol–water partition coefficient (Wildman–Crippen LogP) is 0.480. The molecule has 0 aliphatic rings. The summed E-state index contributed by atoms with van der Waals surface area (Å²) in [5.41, 5.74) is 5.14. The van der Waals surface area contributed by atoms with Gasteiger partial charge in [-0.2, -0.15) is 0 Å². The number of unbranched alkanes of at least 4 members (excludes halogenated alkanes) is 1. The molecule has 0 heterocycles. The zero-order chi connectivity index (χ0) is 6.24. The number of carbonyl (C=O) groups is 1. The summed E-state index contributed by atoms with van der Waals surface area (Å²) in [7, 11) is 0. The Morgan fingerprint density at radius 1 is 1.25 bits per heavy atom. The molecule has 8 heavy (non-hydrogen) atoms. The first-order valence-corrected chi connectivity index (χ1v) is 2.70. The van der Waals surface area contributed by atoms with Gasteiger partial charge in [-0.15, -0.1) is 0 Å². The molecule has 0 saturated heterocycles. The molecule has 0 aliphatic carbocycles. The molecule has 0 atom stereocenters. The van der Waals surface area contributed by atoms with Crippen LogP contribution in [0.3, 0.4) is 0 Å². The lowest BCUT2D eigenvalue weighted by Crippen LogP contribution is -1.91. The first kappa shape index (κ1) is 7.37. The van der Waals surface area contributed by atoms with E-state index < -0.39 is 0 Å². The molecular weight excluding hydrogens is 102 g/mol. The molecule has 2 N–H and O–H groups in total. The number of rotatable bonds is 4. The van der Waals surface area contributed by atoms with E-state index >= 15 is 0 Å². The molecule has 0 aliphatic heterocycles. The minimum absolute atomic E-state index is 0.568. The summed E-state index contributed by atoms with van der Waals surface area (Å²) in [6.07, 6.45) is 6.09. The molecule has 0 radical (unpaired) electrons. The first-order valence-electron chi connectivity index (χ1n) is 2.70. The number of carbonyl (C=O) groups excluding carboxylic acids is 1. The summed E-state index contributed by atoms with van der Waals surface area (Å²) in [6, 6.07) is 0. The Hall–Kier alpha value is -0.630. The lowest BCUT2D eigenvalue weighted by Gasteiger charge is -1.79. The summed E-state index contributed by atoms with van der Waals surface area (Å²) in [4.78, 5) is 9.70. The normalized spacial score (nSPS) is 10.1. The van der Waals surface area contributed by atoms with Gasteiger partial charge in [0.05, 0.1) is 0 Å². The van der Waals surface area contributed by atoms with Gasteiger partial charge in [0.25, 0.3) is 0 Å². The summed E-state index contributed by atoms with van der Waals surface area (Å²) in [5, 5.41) is 0. The zero-order valence-electron chi connectivity index (χ0n) is 4.84. The van der Waals surface area contributed by atoms with Crippen LogP contribution in [0.4, 0.5) is 0 Å². The molecule has 0 aromatic heterocycles. The van der Waals surface area contributed by atoms with Crippen molar-refractivity contribution in [3.8, 4) is 0 Å². The van der Waals surface area contributed by atoms with Crippen LogP contribution in [0.15, 0.2) is 12.2 Å². The maximum atomic E-state index is 9.70. The molecule has 0 fully saturated rings. The van der Waals surface area contributed by atoms with Crippen molar-refractivity contribution in [1.29, 1.82) is 0 Å². The molecular formula is C6H11NO. The van der Waals surface area contributed by atoms with Gasteiger partial charge in [-0.25, -0.2) is 0 Å². The number of hydrogen-bond donors (Lipinski definition) is 1. The van der Waals surface area contributed by atoms with Gasteiger partial charge in [0, 0.05) is 13.0 Å². The van der Waals surface area contributed by atoms with E-state index in [4.69, 9.17) is 5.73 Å². The van der Waals surface area contributed by atoms with Crippen LogP contribution in [0, 0.1) is 0 Å². The van der Waals surface area contributed by atoms with Crippen molar-refractivity contribution in [2.75, 3.05) is 6.54 Å². The maximum Gasteiger partial charge on any atom is 0.120 e. The van der Waals surface area contributed by atoms with E-state index in [2.05, 4.69) is 0 Å². The average Bonchev–Trinajstić information content (AvgIpc) is 1.81. The summed E-state index contributed by atoms with van der Waals surface area (Å²) >= 11 is 0. The van der Waals surface area contributed by atoms with Gasteiger partial charge in [0.15, 0.2) is 0 Å². The Morgan fingerprint density at radius 3 is 2.50 bits per heavy atom. The van der Waals surface area contributed by atoms with Crippen LogP contribution in [0.1, 0.15) is 12.8 Å². The molecule has 2 heteroatoms. The smallest absolute Gasteiger partial charge is 0.120 e. The third-order valence-corrected chi connectivity index (χ3v) is 0.754. The van der Waals surface area contributed by atoms with E-state index in [1.807, 2.05) is 12.2 Å². The van der Waals surface area contributed by atoms with Crippen molar-refractivity contribution in [2.24, 2.45) is 5.73 Å². The minimum atomic E-state index is 0.568. The Balaban J connectivity index is 2.90. The van der Waals surface area contributed by atoms with Gasteiger partial charge >= 0.3 is 0 Å². The van der Waals surface area contributed by atoms with Crippen LogP contribution in [0.25, 0.3) is 0 Å². The number of hydrogen-bond acceptors (Lipinski definition) is 2. The van der Waals surface area contributed by atoms with Crippen LogP contribution in [0.5, 0.6) is 0 Å². The molecule has 0 spiro atoms. The fourth-order valence-electron chi connectivity index (χ4n) is 0.378. The Labute approximate surface area is 49.4 Å². The SMILES string of the molecule is NCC=CCCC=O. The average molecular weight is 113 g/mol. The lowest BCUT2D eigenvalue weighted by molar-refractivity contribution is -0.107. The Kier molecular flexibility index (Phi) is 5.87. The first-order chi connectivity index (χ1) is 3.91. The second-order valence-electron chi connectivity index (χ2n) is 1.45. The van der Waals surface area contributed by atoms with Crippen LogP contribution in [-0.4, -0.2) is 12.8 Å². The Bertz CT molecular complexity index is 78.6. The highest BCUT2D eigenvalue weighted by molar-refractivity contribution is 5.49. The third kappa shape index (κ3) is 5.37.